The molecule has 36 heavy (non-hydrogen) atoms. The van der Waals surface area contributed by atoms with Crippen LogP contribution in [0, 0.1) is 5.92 Å². The van der Waals surface area contributed by atoms with E-state index in [2.05, 4.69) is 4.98 Å². The Morgan fingerprint density at radius 1 is 0.806 bits per heavy atom. The molecule has 1 fully saturated rings. The summed E-state index contributed by atoms with van der Waals surface area (Å²) in [5.74, 6) is -1.67. The number of carbonyl (C=O) groups excluding carboxylic acids is 4. The molecular formula is C28H24N4O4. The third kappa shape index (κ3) is 3.48. The molecule has 1 unspecified atom stereocenters. The van der Waals surface area contributed by atoms with Gasteiger partial charge in [-0.2, -0.15) is 0 Å². The van der Waals surface area contributed by atoms with Crippen molar-refractivity contribution in [3.63, 3.8) is 0 Å². The standard InChI is InChI=1S/C28H24N4O4/c33-25(17-31-26(34)19-6-1-2-7-20(19)27(31)35)32-22-11-5-8-21(22)28(36)30(16-18-12-14-29-15-13-18)23-9-3-4-10-24(23)32/h1-4,6-7,9-10,12-15,21-22H,5,8,11,16-17H2/t21-,22?/m0/s1. The molecule has 0 N–H and O–H groups in total. The number of carbonyl (C=O) groups is 4. The van der Waals surface area contributed by atoms with Gasteiger partial charge in [0.05, 0.1) is 35.0 Å². The molecule has 3 heterocycles. The van der Waals surface area contributed by atoms with Crippen molar-refractivity contribution in [2.75, 3.05) is 16.3 Å². The molecule has 2 aliphatic heterocycles. The van der Waals surface area contributed by atoms with Gasteiger partial charge in [-0.25, -0.2) is 0 Å². The van der Waals surface area contributed by atoms with Gasteiger partial charge in [-0.3, -0.25) is 29.1 Å². The minimum atomic E-state index is -0.467. The number of benzene rings is 2. The highest BCUT2D eigenvalue weighted by Gasteiger charge is 2.46. The molecule has 4 amide bonds. The molecule has 1 aliphatic carbocycles. The first kappa shape index (κ1) is 22.2. The van der Waals surface area contributed by atoms with E-state index < -0.39 is 11.8 Å². The maximum atomic E-state index is 13.9. The molecule has 0 saturated heterocycles. The number of aromatic nitrogens is 1. The van der Waals surface area contributed by atoms with Gasteiger partial charge < -0.3 is 9.80 Å². The van der Waals surface area contributed by atoms with Gasteiger partial charge >= 0.3 is 0 Å². The van der Waals surface area contributed by atoms with Crippen molar-refractivity contribution in [3.8, 4) is 0 Å². The summed E-state index contributed by atoms with van der Waals surface area (Å²) in [6, 6.07) is 17.4. The number of pyridine rings is 1. The second-order valence-electron chi connectivity index (χ2n) is 9.38. The van der Waals surface area contributed by atoms with Gasteiger partial charge in [0.15, 0.2) is 0 Å². The molecule has 2 aromatic carbocycles. The van der Waals surface area contributed by atoms with Gasteiger partial charge in [0.1, 0.15) is 6.54 Å². The molecule has 3 aromatic rings. The molecule has 8 heteroatoms. The fraction of sp³-hybridized carbons (Fsp3) is 0.250. The lowest BCUT2D eigenvalue weighted by Gasteiger charge is -2.31. The highest BCUT2D eigenvalue weighted by Crippen LogP contribution is 2.43. The van der Waals surface area contributed by atoms with E-state index in [1.54, 1.807) is 46.5 Å². The zero-order valence-electron chi connectivity index (χ0n) is 19.5. The van der Waals surface area contributed by atoms with Crippen LogP contribution in [0.15, 0.2) is 73.1 Å². The first-order chi connectivity index (χ1) is 17.5. The SMILES string of the molecule is O=C1c2ccccc2C(=O)N1CC(=O)N1c2ccccc2N(Cc2ccncc2)C(=O)[C@H]2CCCC21. The molecule has 6 rings (SSSR count). The van der Waals surface area contributed by atoms with E-state index in [0.717, 1.165) is 16.9 Å². The van der Waals surface area contributed by atoms with Gasteiger partial charge in [-0.05, 0) is 54.8 Å². The van der Waals surface area contributed by atoms with E-state index in [1.807, 2.05) is 36.4 Å². The van der Waals surface area contributed by atoms with Crippen LogP contribution < -0.4 is 9.80 Å². The second kappa shape index (κ2) is 8.71. The van der Waals surface area contributed by atoms with Crippen molar-refractivity contribution in [1.29, 1.82) is 0 Å². The third-order valence-electron chi connectivity index (χ3n) is 7.36. The number of para-hydroxylation sites is 2. The zero-order valence-corrected chi connectivity index (χ0v) is 19.5. The number of amides is 4. The molecular weight excluding hydrogens is 456 g/mol. The Bertz CT molecular complexity index is 1350. The monoisotopic (exact) mass is 480 g/mol. The van der Waals surface area contributed by atoms with E-state index in [4.69, 9.17) is 0 Å². The minimum absolute atomic E-state index is 0.0159. The normalized spacial score (nSPS) is 20.8. The highest BCUT2D eigenvalue weighted by molar-refractivity contribution is 6.23. The van der Waals surface area contributed by atoms with E-state index in [9.17, 15) is 19.2 Å². The van der Waals surface area contributed by atoms with E-state index in [0.29, 0.717) is 41.9 Å². The molecule has 0 radical (unpaired) electrons. The minimum Gasteiger partial charge on any atom is -0.306 e. The topological polar surface area (TPSA) is 90.9 Å². The smallest absolute Gasteiger partial charge is 0.262 e. The van der Waals surface area contributed by atoms with Crippen molar-refractivity contribution in [2.24, 2.45) is 5.92 Å². The Balaban J connectivity index is 1.37. The summed E-state index contributed by atoms with van der Waals surface area (Å²) in [6.45, 7) is -0.00945. The van der Waals surface area contributed by atoms with Crippen LogP contribution in [0.25, 0.3) is 0 Å². The summed E-state index contributed by atoms with van der Waals surface area (Å²) in [5.41, 5.74) is 2.82. The molecule has 1 saturated carbocycles. The molecule has 1 aromatic heterocycles. The van der Waals surface area contributed by atoms with Crippen LogP contribution in [0.2, 0.25) is 0 Å². The zero-order chi connectivity index (χ0) is 24.8. The quantitative estimate of drug-likeness (QED) is 0.534. The summed E-state index contributed by atoms with van der Waals surface area (Å²) < 4.78 is 0. The van der Waals surface area contributed by atoms with Crippen molar-refractivity contribution < 1.29 is 19.2 Å². The molecule has 0 spiro atoms. The first-order valence-electron chi connectivity index (χ1n) is 12.1. The Morgan fingerprint density at radius 2 is 1.44 bits per heavy atom. The van der Waals surface area contributed by atoms with E-state index in [-0.39, 0.29) is 30.3 Å². The Morgan fingerprint density at radius 3 is 2.14 bits per heavy atom. The number of hydrogen-bond acceptors (Lipinski definition) is 5. The maximum Gasteiger partial charge on any atom is 0.262 e. The predicted molar refractivity (Wildman–Crippen MR) is 132 cm³/mol. The molecule has 2 atom stereocenters. The van der Waals surface area contributed by atoms with E-state index >= 15 is 0 Å². The summed E-state index contributed by atoms with van der Waals surface area (Å²) in [5, 5.41) is 0. The summed E-state index contributed by atoms with van der Waals surface area (Å²) >= 11 is 0. The summed E-state index contributed by atoms with van der Waals surface area (Å²) in [7, 11) is 0. The Hall–Kier alpha value is -4.33. The van der Waals surface area contributed by atoms with Crippen molar-refractivity contribution in [2.45, 2.75) is 31.8 Å². The van der Waals surface area contributed by atoms with Gasteiger partial charge in [-0.15, -0.1) is 0 Å². The van der Waals surface area contributed by atoms with E-state index in [1.165, 1.54) is 0 Å². The average molecular weight is 481 g/mol. The molecule has 0 bridgehead atoms. The second-order valence-corrected chi connectivity index (χ2v) is 9.38. The van der Waals surface area contributed by atoms with Crippen LogP contribution >= 0.6 is 0 Å². The fourth-order valence-electron chi connectivity index (χ4n) is 5.68. The first-order valence-corrected chi connectivity index (χ1v) is 12.1. The number of anilines is 2. The Kier molecular flexibility index (Phi) is 5.36. The largest absolute Gasteiger partial charge is 0.306 e. The van der Waals surface area contributed by atoms with Gasteiger partial charge in [0.2, 0.25) is 11.8 Å². The van der Waals surface area contributed by atoms with Crippen LogP contribution in [-0.4, -0.2) is 46.1 Å². The number of imide groups is 1. The van der Waals surface area contributed by atoms with Crippen molar-refractivity contribution in [3.05, 3.63) is 89.7 Å². The average Bonchev–Trinajstić information content (AvgIpc) is 3.45. The number of nitrogens with zero attached hydrogens (tertiary/aromatic N) is 4. The fourth-order valence-corrected chi connectivity index (χ4v) is 5.68. The van der Waals surface area contributed by atoms with Crippen molar-refractivity contribution >= 4 is 35.0 Å². The maximum absolute atomic E-state index is 13.9. The number of rotatable bonds is 4. The van der Waals surface area contributed by atoms with Crippen LogP contribution in [0.4, 0.5) is 11.4 Å². The Labute approximate surface area is 208 Å². The predicted octanol–water partition coefficient (Wildman–Crippen LogP) is 3.43. The van der Waals surface area contributed by atoms with Crippen LogP contribution in [0.1, 0.15) is 45.5 Å². The highest BCUT2D eigenvalue weighted by atomic mass is 16.2. The third-order valence-corrected chi connectivity index (χ3v) is 7.36. The molecule has 8 nitrogen and oxygen atoms in total. The van der Waals surface area contributed by atoms with Crippen molar-refractivity contribution in [1.82, 2.24) is 9.88 Å². The van der Waals surface area contributed by atoms with Gasteiger partial charge in [0.25, 0.3) is 11.8 Å². The lowest BCUT2D eigenvalue weighted by Crippen LogP contribution is -2.49. The lowest BCUT2D eigenvalue weighted by molar-refractivity contribution is -0.123. The van der Waals surface area contributed by atoms with Gasteiger partial charge in [0, 0.05) is 18.4 Å². The number of fused-ring (bicyclic) bond motifs is 3. The summed E-state index contributed by atoms with van der Waals surface area (Å²) in [6.07, 6.45) is 5.58. The molecule has 3 aliphatic rings. The van der Waals surface area contributed by atoms with Crippen LogP contribution in [0.5, 0.6) is 0 Å². The molecule has 180 valence electrons. The summed E-state index contributed by atoms with van der Waals surface area (Å²) in [4.78, 5) is 62.1. The number of hydrogen-bond donors (Lipinski definition) is 0. The van der Waals surface area contributed by atoms with Crippen LogP contribution in [-0.2, 0) is 16.1 Å². The van der Waals surface area contributed by atoms with Gasteiger partial charge in [-0.1, -0.05) is 30.7 Å². The lowest BCUT2D eigenvalue weighted by atomic mass is 10.0. The van der Waals surface area contributed by atoms with Crippen LogP contribution in [0.3, 0.4) is 0 Å².